The van der Waals surface area contributed by atoms with Crippen LogP contribution in [0.2, 0.25) is 5.02 Å². The first-order valence-electron chi connectivity index (χ1n) is 9.82. The maximum atomic E-state index is 12.5. The number of benzene rings is 2. The van der Waals surface area contributed by atoms with Crippen LogP contribution >= 0.6 is 23.4 Å². The lowest BCUT2D eigenvalue weighted by molar-refractivity contribution is -0.116. The molecular weight excluding hydrogens is 434 g/mol. The van der Waals surface area contributed by atoms with E-state index in [0.717, 1.165) is 23.2 Å². The molecule has 2 amide bonds. The van der Waals surface area contributed by atoms with Gasteiger partial charge in [-0.25, -0.2) is 0 Å². The van der Waals surface area contributed by atoms with Crippen LogP contribution in [-0.4, -0.2) is 32.3 Å². The van der Waals surface area contributed by atoms with Gasteiger partial charge in [-0.2, -0.15) is 0 Å². The van der Waals surface area contributed by atoms with Gasteiger partial charge < -0.3 is 15.2 Å². The summed E-state index contributed by atoms with van der Waals surface area (Å²) in [6.07, 6.45) is 0.925. The molecule has 0 unspecified atom stereocenters. The van der Waals surface area contributed by atoms with Gasteiger partial charge in [0.05, 0.1) is 12.2 Å². The van der Waals surface area contributed by atoms with Crippen molar-refractivity contribution in [2.45, 2.75) is 31.8 Å². The zero-order valence-electron chi connectivity index (χ0n) is 17.6. The van der Waals surface area contributed by atoms with Crippen molar-refractivity contribution in [3.05, 3.63) is 64.4 Å². The van der Waals surface area contributed by atoms with E-state index in [1.165, 1.54) is 11.8 Å². The summed E-state index contributed by atoms with van der Waals surface area (Å²) in [6, 6.07) is 13.1. The molecule has 3 aromatic rings. The summed E-state index contributed by atoms with van der Waals surface area (Å²) >= 11 is 7.35. The quantitative estimate of drug-likeness (QED) is 0.493. The van der Waals surface area contributed by atoms with Crippen LogP contribution in [0.1, 0.15) is 23.9 Å². The number of carbonyl (C=O) groups excluding carboxylic acids is 2. The van der Waals surface area contributed by atoms with Crippen molar-refractivity contribution < 1.29 is 9.59 Å². The van der Waals surface area contributed by atoms with Crippen LogP contribution in [0.4, 0.5) is 11.4 Å². The maximum absolute atomic E-state index is 12.5. The Kier molecular flexibility index (Phi) is 7.70. The number of thioether (sulfide) groups is 1. The highest BCUT2D eigenvalue weighted by Gasteiger charge is 2.15. The van der Waals surface area contributed by atoms with Crippen molar-refractivity contribution in [1.29, 1.82) is 0 Å². The number of nitrogens with zero attached hydrogens (tertiary/aromatic N) is 3. The summed E-state index contributed by atoms with van der Waals surface area (Å²) in [7, 11) is 1.78. The third-order valence-electron chi connectivity index (χ3n) is 4.79. The fraction of sp³-hybridized carbons (Fsp3) is 0.273. The standard InChI is InChI=1S/C22H24ClN5O2S/c1-4-15-8-5-6-10-18(15)25-20(29)12-19-26-27-22(28(19)3)31-13-21(30)24-17-11-7-9-16(23)14(17)2/h5-11H,4,12-13H2,1-3H3,(H,24,30)(H,25,29). The Balaban J connectivity index is 1.56. The Bertz CT molecular complexity index is 1100. The zero-order chi connectivity index (χ0) is 22.4. The van der Waals surface area contributed by atoms with E-state index in [2.05, 4.69) is 20.8 Å². The number of hydrogen-bond donors (Lipinski definition) is 2. The van der Waals surface area contributed by atoms with Gasteiger partial charge >= 0.3 is 0 Å². The molecule has 162 valence electrons. The summed E-state index contributed by atoms with van der Waals surface area (Å²) in [5.74, 6) is 0.351. The third kappa shape index (κ3) is 5.86. The van der Waals surface area contributed by atoms with E-state index in [1.54, 1.807) is 29.8 Å². The molecule has 9 heteroatoms. The molecule has 0 spiro atoms. The average Bonchev–Trinajstić information content (AvgIpc) is 3.09. The number of para-hydroxylation sites is 1. The molecule has 1 heterocycles. The minimum Gasteiger partial charge on any atom is -0.325 e. The normalized spacial score (nSPS) is 10.7. The lowest BCUT2D eigenvalue weighted by Crippen LogP contribution is -2.18. The Hall–Kier alpha value is -2.84. The van der Waals surface area contributed by atoms with Gasteiger partial charge in [0, 0.05) is 23.4 Å². The Labute approximate surface area is 190 Å². The monoisotopic (exact) mass is 457 g/mol. The minimum absolute atomic E-state index is 0.0933. The number of rotatable bonds is 8. The van der Waals surface area contributed by atoms with E-state index in [1.807, 2.05) is 38.1 Å². The van der Waals surface area contributed by atoms with Crippen LogP contribution in [0.5, 0.6) is 0 Å². The molecule has 0 aliphatic rings. The third-order valence-corrected chi connectivity index (χ3v) is 6.22. The molecule has 3 rings (SSSR count). The number of amides is 2. The molecule has 2 aromatic carbocycles. The molecule has 0 fully saturated rings. The number of hydrogen-bond acceptors (Lipinski definition) is 5. The molecule has 0 atom stereocenters. The SMILES string of the molecule is CCc1ccccc1NC(=O)Cc1nnc(SCC(=O)Nc2cccc(Cl)c2C)n1C. The van der Waals surface area contributed by atoms with Gasteiger partial charge in [0.15, 0.2) is 5.16 Å². The second-order valence-corrected chi connectivity index (χ2v) is 8.29. The Morgan fingerprint density at radius 2 is 1.74 bits per heavy atom. The van der Waals surface area contributed by atoms with E-state index in [4.69, 9.17) is 11.6 Å². The van der Waals surface area contributed by atoms with Crippen molar-refractivity contribution >= 4 is 46.6 Å². The largest absolute Gasteiger partial charge is 0.325 e. The van der Waals surface area contributed by atoms with Crippen molar-refractivity contribution in [2.75, 3.05) is 16.4 Å². The van der Waals surface area contributed by atoms with Gasteiger partial charge in [0.1, 0.15) is 5.82 Å². The number of nitrogens with one attached hydrogen (secondary N) is 2. The zero-order valence-corrected chi connectivity index (χ0v) is 19.2. The van der Waals surface area contributed by atoms with E-state index in [-0.39, 0.29) is 24.0 Å². The number of anilines is 2. The van der Waals surface area contributed by atoms with Gasteiger partial charge in [0.2, 0.25) is 11.8 Å². The lowest BCUT2D eigenvalue weighted by Gasteiger charge is -2.10. The van der Waals surface area contributed by atoms with Crippen LogP contribution in [0, 0.1) is 6.92 Å². The summed E-state index contributed by atoms with van der Waals surface area (Å²) < 4.78 is 1.73. The minimum atomic E-state index is -0.172. The number of aryl methyl sites for hydroxylation is 1. The topological polar surface area (TPSA) is 88.9 Å². The molecule has 7 nitrogen and oxygen atoms in total. The van der Waals surface area contributed by atoms with Gasteiger partial charge in [-0.15, -0.1) is 10.2 Å². The molecule has 0 bridgehead atoms. The van der Waals surface area contributed by atoms with Crippen molar-refractivity contribution in [3.8, 4) is 0 Å². The van der Waals surface area contributed by atoms with Crippen LogP contribution < -0.4 is 10.6 Å². The van der Waals surface area contributed by atoms with Crippen molar-refractivity contribution in [1.82, 2.24) is 14.8 Å². The van der Waals surface area contributed by atoms with Crippen LogP contribution in [-0.2, 0) is 29.5 Å². The van der Waals surface area contributed by atoms with Crippen LogP contribution in [0.15, 0.2) is 47.6 Å². The van der Waals surface area contributed by atoms with Gasteiger partial charge in [-0.3, -0.25) is 9.59 Å². The first-order valence-corrected chi connectivity index (χ1v) is 11.2. The number of carbonyl (C=O) groups is 2. The van der Waals surface area contributed by atoms with Crippen LogP contribution in [0.25, 0.3) is 0 Å². The molecule has 0 saturated heterocycles. The number of aromatic nitrogens is 3. The maximum Gasteiger partial charge on any atom is 0.234 e. The fourth-order valence-electron chi connectivity index (χ4n) is 2.97. The summed E-state index contributed by atoms with van der Waals surface area (Å²) in [5, 5.41) is 15.2. The molecule has 0 radical (unpaired) electrons. The van der Waals surface area contributed by atoms with Crippen LogP contribution in [0.3, 0.4) is 0 Å². The first-order chi connectivity index (χ1) is 14.9. The highest BCUT2D eigenvalue weighted by atomic mass is 35.5. The lowest BCUT2D eigenvalue weighted by atomic mass is 10.1. The second-order valence-electron chi connectivity index (χ2n) is 6.94. The molecule has 31 heavy (non-hydrogen) atoms. The molecule has 0 aliphatic heterocycles. The molecule has 2 N–H and O–H groups in total. The molecular formula is C22H24ClN5O2S. The predicted octanol–water partition coefficient (Wildman–Crippen LogP) is 4.25. The van der Waals surface area contributed by atoms with E-state index in [0.29, 0.717) is 21.7 Å². The van der Waals surface area contributed by atoms with E-state index < -0.39 is 0 Å². The Morgan fingerprint density at radius 1 is 1.03 bits per heavy atom. The van der Waals surface area contributed by atoms with Gasteiger partial charge in [-0.1, -0.05) is 54.6 Å². The molecule has 0 aliphatic carbocycles. The second kappa shape index (κ2) is 10.5. The highest BCUT2D eigenvalue weighted by Crippen LogP contribution is 2.24. The molecule has 1 aromatic heterocycles. The molecule has 0 saturated carbocycles. The summed E-state index contributed by atoms with van der Waals surface area (Å²) in [6.45, 7) is 3.89. The first kappa shape index (κ1) is 22.8. The van der Waals surface area contributed by atoms with Gasteiger partial charge in [0.25, 0.3) is 0 Å². The number of halogens is 1. The summed E-state index contributed by atoms with van der Waals surface area (Å²) in [4.78, 5) is 24.8. The van der Waals surface area contributed by atoms with Crippen molar-refractivity contribution in [2.24, 2.45) is 7.05 Å². The highest BCUT2D eigenvalue weighted by molar-refractivity contribution is 7.99. The Morgan fingerprint density at radius 3 is 2.52 bits per heavy atom. The van der Waals surface area contributed by atoms with E-state index >= 15 is 0 Å². The van der Waals surface area contributed by atoms with Crippen molar-refractivity contribution in [3.63, 3.8) is 0 Å². The fourth-order valence-corrected chi connectivity index (χ4v) is 3.88. The predicted molar refractivity (Wildman–Crippen MR) is 125 cm³/mol. The average molecular weight is 458 g/mol. The van der Waals surface area contributed by atoms with E-state index in [9.17, 15) is 9.59 Å². The summed E-state index contributed by atoms with van der Waals surface area (Å²) in [5.41, 5.74) is 3.38. The smallest absolute Gasteiger partial charge is 0.234 e. The van der Waals surface area contributed by atoms with Gasteiger partial charge in [-0.05, 0) is 42.7 Å².